The van der Waals surface area contributed by atoms with Gasteiger partial charge in [0.25, 0.3) is 0 Å². The van der Waals surface area contributed by atoms with Crippen molar-refractivity contribution in [2.75, 3.05) is 19.5 Å². The maximum atomic E-state index is 13.0. The molecule has 4 nitrogen and oxygen atoms in total. The van der Waals surface area contributed by atoms with E-state index < -0.39 is 0 Å². The Bertz CT molecular complexity index is 823. The first-order valence-corrected chi connectivity index (χ1v) is 9.13. The number of allylic oxidation sites excluding steroid dienone is 1. The number of fused-ring (bicyclic) bond motifs is 3. The van der Waals surface area contributed by atoms with Gasteiger partial charge in [0.1, 0.15) is 11.5 Å². The second-order valence-electron chi connectivity index (χ2n) is 5.63. The highest BCUT2D eigenvalue weighted by molar-refractivity contribution is 8.01. The zero-order valence-electron chi connectivity index (χ0n) is 13.7. The molecule has 0 aliphatic carbocycles. The zero-order chi connectivity index (χ0) is 16.4. The number of rotatable bonds is 5. The van der Waals surface area contributed by atoms with Gasteiger partial charge in [0.2, 0.25) is 5.43 Å². The van der Waals surface area contributed by atoms with Crippen molar-refractivity contribution in [1.29, 1.82) is 0 Å². The Labute approximate surface area is 139 Å². The lowest BCUT2D eigenvalue weighted by Gasteiger charge is -2.13. The molecule has 23 heavy (non-hydrogen) atoms. The Morgan fingerprint density at radius 2 is 2.35 bits per heavy atom. The summed E-state index contributed by atoms with van der Waals surface area (Å²) in [4.78, 5) is 16.3. The Kier molecular flexibility index (Phi) is 4.66. The predicted octanol–water partition coefficient (Wildman–Crippen LogP) is 3.98. The average molecular weight is 331 g/mol. The molecule has 0 fully saturated rings. The molecule has 0 radical (unpaired) electrons. The molecule has 0 saturated heterocycles. The number of ether oxygens (including phenoxy) is 2. The van der Waals surface area contributed by atoms with E-state index >= 15 is 0 Å². The molecule has 1 aromatic carbocycles. The largest absolute Gasteiger partial charge is 0.492 e. The lowest BCUT2D eigenvalue weighted by Crippen LogP contribution is -2.11. The van der Waals surface area contributed by atoms with Crippen molar-refractivity contribution >= 4 is 28.2 Å². The fourth-order valence-electron chi connectivity index (χ4n) is 2.87. The minimum Gasteiger partial charge on any atom is -0.492 e. The Morgan fingerprint density at radius 3 is 3.09 bits per heavy atom. The van der Waals surface area contributed by atoms with E-state index in [2.05, 4.69) is 11.9 Å². The number of H-pyrrole nitrogens is 1. The van der Waals surface area contributed by atoms with Crippen LogP contribution in [-0.2, 0) is 6.42 Å². The van der Waals surface area contributed by atoms with Gasteiger partial charge in [-0.25, -0.2) is 0 Å². The van der Waals surface area contributed by atoms with E-state index in [-0.39, 0.29) is 5.43 Å². The van der Waals surface area contributed by atoms with Crippen molar-refractivity contribution in [3.63, 3.8) is 0 Å². The van der Waals surface area contributed by atoms with Gasteiger partial charge < -0.3 is 14.5 Å². The van der Waals surface area contributed by atoms with Gasteiger partial charge in [-0.05, 0) is 36.6 Å². The molecule has 122 valence electrons. The third kappa shape index (κ3) is 2.85. The molecule has 2 aromatic rings. The molecule has 0 atom stereocenters. The second kappa shape index (κ2) is 6.71. The van der Waals surface area contributed by atoms with E-state index in [1.807, 2.05) is 24.7 Å². The van der Waals surface area contributed by atoms with Crippen LogP contribution in [-0.4, -0.2) is 24.5 Å². The summed E-state index contributed by atoms with van der Waals surface area (Å²) >= 11 is 1.59. The monoisotopic (exact) mass is 331 g/mol. The molecule has 3 rings (SSSR count). The topological polar surface area (TPSA) is 51.3 Å². The van der Waals surface area contributed by atoms with Crippen molar-refractivity contribution in [1.82, 2.24) is 4.98 Å². The summed E-state index contributed by atoms with van der Waals surface area (Å²) in [7, 11) is 0. The van der Waals surface area contributed by atoms with Crippen LogP contribution < -0.4 is 14.9 Å². The molecule has 1 aromatic heterocycles. The van der Waals surface area contributed by atoms with Gasteiger partial charge in [0.15, 0.2) is 0 Å². The third-order valence-electron chi connectivity index (χ3n) is 3.95. The summed E-state index contributed by atoms with van der Waals surface area (Å²) in [5.74, 6) is 1.45. The highest BCUT2D eigenvalue weighted by Crippen LogP contribution is 2.37. The summed E-state index contributed by atoms with van der Waals surface area (Å²) in [6.07, 6.45) is 5.49. The van der Waals surface area contributed by atoms with Crippen molar-refractivity contribution in [2.24, 2.45) is 0 Å². The van der Waals surface area contributed by atoms with Crippen LogP contribution in [0.3, 0.4) is 0 Å². The fraction of sp³-hybridized carbons (Fsp3) is 0.389. The Morgan fingerprint density at radius 1 is 1.52 bits per heavy atom. The number of nitrogens with one attached hydrogen (secondary N) is 1. The predicted molar refractivity (Wildman–Crippen MR) is 96.7 cm³/mol. The lowest BCUT2D eigenvalue weighted by molar-refractivity contribution is 0.320. The van der Waals surface area contributed by atoms with Gasteiger partial charge in [-0.1, -0.05) is 6.92 Å². The van der Waals surface area contributed by atoms with Crippen LogP contribution in [0.5, 0.6) is 11.5 Å². The normalized spacial score (nSPS) is 14.0. The molecule has 1 aliphatic heterocycles. The van der Waals surface area contributed by atoms with Gasteiger partial charge in [-0.2, -0.15) is 0 Å². The SMILES string of the molecule is CCCOc1cc2c(c3c(=O)c(/C(C)=C/SC)c[nH]c13)OCC2. The van der Waals surface area contributed by atoms with E-state index in [0.29, 0.717) is 29.9 Å². The van der Waals surface area contributed by atoms with Gasteiger partial charge in [0.05, 0.1) is 24.1 Å². The maximum absolute atomic E-state index is 13.0. The van der Waals surface area contributed by atoms with Crippen LogP contribution in [0.1, 0.15) is 31.4 Å². The number of aromatic amines is 1. The van der Waals surface area contributed by atoms with E-state index in [4.69, 9.17) is 9.47 Å². The molecule has 2 heterocycles. The van der Waals surface area contributed by atoms with Crippen molar-refractivity contribution in [3.8, 4) is 11.5 Å². The molecule has 1 N–H and O–H groups in total. The van der Waals surface area contributed by atoms with Crippen molar-refractivity contribution in [3.05, 3.63) is 39.0 Å². The number of pyridine rings is 1. The van der Waals surface area contributed by atoms with Crippen LogP contribution in [0.4, 0.5) is 0 Å². The van der Waals surface area contributed by atoms with Gasteiger partial charge in [-0.15, -0.1) is 11.8 Å². The van der Waals surface area contributed by atoms with Crippen LogP contribution in [0.15, 0.2) is 22.5 Å². The molecular weight excluding hydrogens is 310 g/mol. The highest BCUT2D eigenvalue weighted by Gasteiger charge is 2.23. The summed E-state index contributed by atoms with van der Waals surface area (Å²) in [5.41, 5.74) is 3.41. The quantitative estimate of drug-likeness (QED) is 0.900. The van der Waals surface area contributed by atoms with E-state index in [0.717, 1.165) is 35.2 Å². The molecule has 0 amide bonds. The van der Waals surface area contributed by atoms with Gasteiger partial charge in [0, 0.05) is 23.7 Å². The summed E-state index contributed by atoms with van der Waals surface area (Å²) in [6, 6.07) is 2.00. The molecule has 0 spiro atoms. The summed E-state index contributed by atoms with van der Waals surface area (Å²) < 4.78 is 11.6. The van der Waals surface area contributed by atoms with Crippen molar-refractivity contribution in [2.45, 2.75) is 26.7 Å². The lowest BCUT2D eigenvalue weighted by atomic mass is 10.0. The highest BCUT2D eigenvalue weighted by atomic mass is 32.2. The third-order valence-corrected chi connectivity index (χ3v) is 4.54. The minimum atomic E-state index is 0.00153. The van der Waals surface area contributed by atoms with Crippen LogP contribution in [0, 0.1) is 0 Å². The van der Waals surface area contributed by atoms with E-state index in [1.165, 1.54) is 0 Å². The Hall–Kier alpha value is -1.88. The maximum Gasteiger partial charge on any atom is 0.200 e. The van der Waals surface area contributed by atoms with Crippen LogP contribution in [0.25, 0.3) is 16.5 Å². The van der Waals surface area contributed by atoms with Crippen LogP contribution in [0.2, 0.25) is 0 Å². The van der Waals surface area contributed by atoms with Gasteiger partial charge in [-0.3, -0.25) is 4.79 Å². The first-order valence-electron chi connectivity index (χ1n) is 7.84. The first-order chi connectivity index (χ1) is 11.2. The standard InChI is InChI=1S/C18H21NO3S/c1-4-6-21-14-8-12-5-7-22-18(12)15-16(14)19-9-13(17(15)20)11(2)10-23-3/h8-10H,4-7H2,1-3H3,(H,19,20)/b11-10+. The molecule has 0 unspecified atom stereocenters. The molecular formula is C18H21NO3S. The number of thioether (sulfide) groups is 1. The summed E-state index contributed by atoms with van der Waals surface area (Å²) in [6.45, 7) is 5.26. The number of benzene rings is 1. The van der Waals surface area contributed by atoms with Crippen molar-refractivity contribution < 1.29 is 9.47 Å². The van der Waals surface area contributed by atoms with E-state index in [9.17, 15) is 4.79 Å². The molecule has 0 saturated carbocycles. The van der Waals surface area contributed by atoms with Crippen LogP contribution >= 0.6 is 11.8 Å². The smallest absolute Gasteiger partial charge is 0.200 e. The van der Waals surface area contributed by atoms with Gasteiger partial charge >= 0.3 is 0 Å². The van der Waals surface area contributed by atoms with E-state index in [1.54, 1.807) is 18.0 Å². The molecule has 5 heteroatoms. The minimum absolute atomic E-state index is 0.00153. The number of hydrogen-bond donors (Lipinski definition) is 1. The first kappa shape index (κ1) is 16.0. The molecule has 0 bridgehead atoms. The Balaban J connectivity index is 2.27. The molecule has 1 aliphatic rings. The zero-order valence-corrected chi connectivity index (χ0v) is 14.5. The number of aromatic nitrogens is 1. The second-order valence-corrected chi connectivity index (χ2v) is 6.34. The summed E-state index contributed by atoms with van der Waals surface area (Å²) in [5, 5.41) is 2.59. The fourth-order valence-corrected chi connectivity index (χ4v) is 3.35. The average Bonchev–Trinajstić information content (AvgIpc) is 3.01. The number of hydrogen-bond acceptors (Lipinski definition) is 4.